The molecule has 2 aromatic heterocycles. The van der Waals surface area contributed by atoms with E-state index in [0.29, 0.717) is 11.2 Å². The first-order valence-electron chi connectivity index (χ1n) is 23.2. The van der Waals surface area contributed by atoms with E-state index in [0.717, 1.165) is 22.7 Å². The van der Waals surface area contributed by atoms with Gasteiger partial charge >= 0.3 is 0 Å². The summed E-state index contributed by atoms with van der Waals surface area (Å²) in [5, 5.41) is 0. The minimum Gasteiger partial charge on any atom is -0.285 e. The molecule has 63 heavy (non-hydrogen) atoms. The summed E-state index contributed by atoms with van der Waals surface area (Å²) in [6.07, 6.45) is 8.63. The van der Waals surface area contributed by atoms with Crippen molar-refractivity contribution in [2.24, 2.45) is 9.53 Å². The first kappa shape index (κ1) is 48.3. The first-order valence-corrected chi connectivity index (χ1v) is 26.8. The van der Waals surface area contributed by atoms with E-state index in [1.165, 1.54) is 44.5 Å². The highest BCUT2D eigenvalue weighted by Crippen LogP contribution is 2.54. The van der Waals surface area contributed by atoms with E-state index in [4.69, 9.17) is 32.6 Å². The zero-order chi connectivity index (χ0) is 46.2. The fraction of sp³-hybridized carbons (Fsp3) is 0.444. The van der Waals surface area contributed by atoms with E-state index in [9.17, 15) is 0 Å². The zero-order valence-corrected chi connectivity index (χ0v) is 43.2. The lowest BCUT2D eigenvalue weighted by molar-refractivity contribution is 0.763. The summed E-state index contributed by atoms with van der Waals surface area (Å²) in [7, 11) is 0. The van der Waals surface area contributed by atoms with Crippen molar-refractivity contribution in [3.8, 4) is 22.7 Å². The Morgan fingerprint density at radius 1 is 0.349 bits per heavy atom. The van der Waals surface area contributed by atoms with Crippen molar-refractivity contribution in [1.82, 2.24) is 18.3 Å². The number of imidazole rings is 2. The second kappa shape index (κ2) is 19.5. The third-order valence-electron chi connectivity index (χ3n) is 12.4. The number of hydrogen-bond acceptors (Lipinski definition) is 1. The maximum atomic E-state index is 7.91. The van der Waals surface area contributed by atoms with Crippen LogP contribution in [0, 0.1) is 0 Å². The van der Waals surface area contributed by atoms with E-state index in [2.05, 4.69) is 227 Å². The Labute approximate surface area is 388 Å². The second-order valence-electron chi connectivity index (χ2n) is 19.7. The summed E-state index contributed by atoms with van der Waals surface area (Å²) in [5.41, 5.74) is 12.3. The third kappa shape index (κ3) is 9.77. The maximum absolute atomic E-state index is 7.91. The van der Waals surface area contributed by atoms with Gasteiger partial charge in [-0.25, -0.2) is 0 Å². The molecule has 0 N–H and O–H groups in total. The largest absolute Gasteiger partial charge is 0.285 e. The normalized spacial score (nSPS) is 12.5. The number of nitrogens with zero attached hydrogens (tertiary/aromatic N) is 6. The number of rotatable bonds is 14. The first-order chi connectivity index (χ1) is 29.7. The van der Waals surface area contributed by atoms with Gasteiger partial charge < -0.3 is 0 Å². The summed E-state index contributed by atoms with van der Waals surface area (Å²) in [5.74, 6) is 2.07. The van der Waals surface area contributed by atoms with Crippen molar-refractivity contribution in [2.45, 2.75) is 158 Å². The van der Waals surface area contributed by atoms with Crippen molar-refractivity contribution in [3.05, 3.63) is 153 Å². The van der Waals surface area contributed by atoms with Gasteiger partial charge in [-0.05, 0) is 115 Å². The third-order valence-corrected chi connectivity index (χ3v) is 14.1. The standard InChI is InChI=1S/C54H72ClN6PS/c1-33(2)41-21-17-22-42(34(3)4)49(41)58-29-30-59(50-43(35(5)6)23-18-24-44(50)36(7)8)53(58)56-62(55,63)57-54-60(51-45(37(9)10)25-19-26-46(51)38(11)12)31-32-61(54)52-47(39(13)14)27-20-28-48(52)40(15)16/h17-40H,1-16H3. The number of benzene rings is 4. The van der Waals surface area contributed by atoms with Gasteiger partial charge in [0.2, 0.25) is 11.2 Å². The fourth-order valence-corrected chi connectivity index (χ4v) is 10.8. The Bertz CT molecular complexity index is 2310. The van der Waals surface area contributed by atoms with Crippen LogP contribution in [0.15, 0.2) is 107 Å². The van der Waals surface area contributed by atoms with Crippen LogP contribution < -0.4 is 11.2 Å². The second-order valence-corrected chi connectivity index (χ2v) is 24.6. The molecule has 336 valence electrons. The summed E-state index contributed by atoms with van der Waals surface area (Å²) in [6.45, 7) is 36.2. The molecule has 0 spiro atoms. The van der Waals surface area contributed by atoms with E-state index < -0.39 is 5.69 Å². The van der Waals surface area contributed by atoms with Crippen molar-refractivity contribution in [2.75, 3.05) is 0 Å². The van der Waals surface area contributed by atoms with Crippen LogP contribution in [0.1, 0.15) is 203 Å². The lowest BCUT2D eigenvalue weighted by Crippen LogP contribution is -2.28. The number of aromatic nitrogens is 4. The van der Waals surface area contributed by atoms with Crippen LogP contribution in [-0.2, 0) is 11.8 Å². The van der Waals surface area contributed by atoms with Gasteiger partial charge in [-0.15, -0.1) is 0 Å². The summed E-state index contributed by atoms with van der Waals surface area (Å²) in [4.78, 5) is 0. The molecule has 0 radical (unpaired) electrons. The lowest BCUT2D eigenvalue weighted by atomic mass is 9.92. The number of para-hydroxylation sites is 4. The Morgan fingerprint density at radius 2 is 0.508 bits per heavy atom. The van der Waals surface area contributed by atoms with E-state index in [-0.39, 0.29) is 47.3 Å². The van der Waals surface area contributed by atoms with Crippen molar-refractivity contribution in [3.63, 3.8) is 0 Å². The van der Waals surface area contributed by atoms with E-state index in [1.807, 2.05) is 0 Å². The molecule has 4 aromatic carbocycles. The van der Waals surface area contributed by atoms with Crippen molar-refractivity contribution in [1.29, 1.82) is 0 Å². The van der Waals surface area contributed by atoms with Crippen LogP contribution in [-0.4, -0.2) is 18.3 Å². The zero-order valence-electron chi connectivity index (χ0n) is 40.8. The molecule has 9 heteroatoms. The smallest absolute Gasteiger partial charge is 0.256 e. The van der Waals surface area contributed by atoms with Gasteiger partial charge in [-0.1, -0.05) is 184 Å². The Balaban J connectivity index is 1.85. The topological polar surface area (TPSA) is 44.4 Å². The SMILES string of the molecule is CC(C)c1cccc(C(C)C)c1-n1ccn(-c2c(C(C)C)cccc2C(C)C)c1=NP(=S)(Cl)N=c1n(-c2c(C(C)C)cccc2C(C)C)ccn1-c1c(C(C)C)cccc1C(C)C. The highest BCUT2D eigenvalue weighted by Gasteiger charge is 2.26. The molecule has 6 nitrogen and oxygen atoms in total. The quantitative estimate of drug-likeness (QED) is 0.100. The van der Waals surface area contributed by atoms with Gasteiger partial charge in [0, 0.05) is 24.8 Å². The molecule has 0 aliphatic heterocycles. The molecule has 0 aliphatic carbocycles. The van der Waals surface area contributed by atoms with Crippen LogP contribution >= 0.6 is 16.9 Å². The maximum Gasteiger partial charge on any atom is 0.256 e. The molecule has 0 bridgehead atoms. The molecule has 0 saturated heterocycles. The monoisotopic (exact) mass is 902 g/mol. The number of halogens is 1. The molecule has 2 heterocycles. The van der Waals surface area contributed by atoms with E-state index in [1.54, 1.807) is 0 Å². The average molecular weight is 904 g/mol. The fourth-order valence-electron chi connectivity index (χ4n) is 9.06. The minimum atomic E-state index is -3.50. The van der Waals surface area contributed by atoms with Crippen LogP contribution in [0.4, 0.5) is 0 Å². The number of hydrogen-bond donors (Lipinski definition) is 0. The highest BCUT2D eigenvalue weighted by molar-refractivity contribution is 8.25. The van der Waals surface area contributed by atoms with Gasteiger partial charge in [-0.2, -0.15) is 9.53 Å². The van der Waals surface area contributed by atoms with E-state index >= 15 is 0 Å². The van der Waals surface area contributed by atoms with Crippen LogP contribution in [0.3, 0.4) is 0 Å². The molecule has 0 atom stereocenters. The molecular weight excluding hydrogens is 831 g/mol. The molecule has 0 unspecified atom stereocenters. The lowest BCUT2D eigenvalue weighted by Gasteiger charge is -2.23. The molecule has 0 amide bonds. The minimum absolute atomic E-state index is 0.259. The average Bonchev–Trinajstić information content (AvgIpc) is 3.81. The van der Waals surface area contributed by atoms with Crippen molar-refractivity contribution >= 4 is 28.7 Å². The predicted molar refractivity (Wildman–Crippen MR) is 274 cm³/mol. The Morgan fingerprint density at radius 3 is 0.651 bits per heavy atom. The van der Waals surface area contributed by atoms with Gasteiger partial charge in [0.15, 0.2) is 0 Å². The molecule has 6 aromatic rings. The van der Waals surface area contributed by atoms with Gasteiger partial charge in [0.1, 0.15) is 0 Å². The van der Waals surface area contributed by atoms with Crippen molar-refractivity contribution < 1.29 is 0 Å². The Kier molecular flexibility index (Phi) is 15.0. The molecule has 0 fully saturated rings. The summed E-state index contributed by atoms with van der Waals surface area (Å²) < 4.78 is 20.2. The van der Waals surface area contributed by atoms with Crippen LogP contribution in [0.25, 0.3) is 22.7 Å². The Hall–Kier alpha value is -4.16. The summed E-state index contributed by atoms with van der Waals surface area (Å²) >= 11 is 14.6. The molecule has 0 aliphatic rings. The van der Waals surface area contributed by atoms with Gasteiger partial charge in [0.05, 0.1) is 22.7 Å². The van der Waals surface area contributed by atoms with Gasteiger partial charge in [-0.3, -0.25) is 18.3 Å². The predicted octanol–water partition coefficient (Wildman–Crippen LogP) is 15.8. The molecule has 0 saturated carbocycles. The molecular formula is C54H72ClN6PS. The summed E-state index contributed by atoms with van der Waals surface area (Å²) in [6, 6.07) is 26.7. The molecule has 6 rings (SSSR count). The van der Waals surface area contributed by atoms with Gasteiger partial charge in [0.25, 0.3) is 5.69 Å². The van der Waals surface area contributed by atoms with Crippen LogP contribution in [0.5, 0.6) is 0 Å². The highest BCUT2D eigenvalue weighted by atomic mass is 35.7. The van der Waals surface area contributed by atoms with Crippen LogP contribution in [0.2, 0.25) is 0 Å².